The maximum Gasteiger partial charge on any atom is 0.0579 e. The van der Waals surface area contributed by atoms with Crippen molar-refractivity contribution >= 4 is 15.9 Å². The van der Waals surface area contributed by atoms with Crippen LogP contribution in [0.4, 0.5) is 0 Å². The van der Waals surface area contributed by atoms with E-state index in [1.165, 1.54) is 51.4 Å². The topological polar surface area (TPSA) is 9.23 Å². The van der Waals surface area contributed by atoms with Gasteiger partial charge in [-0.3, -0.25) is 0 Å². The molecule has 4 unspecified atom stereocenters. The average molecular weight is 289 g/mol. The lowest BCUT2D eigenvalue weighted by atomic mass is 9.77. The molecule has 1 aliphatic heterocycles. The van der Waals surface area contributed by atoms with Gasteiger partial charge in [-0.2, -0.15) is 0 Å². The van der Waals surface area contributed by atoms with Crippen LogP contribution in [0.3, 0.4) is 0 Å². The van der Waals surface area contributed by atoms with E-state index in [0.29, 0.717) is 6.10 Å². The second kappa shape index (κ2) is 6.39. The third-order valence-electron chi connectivity index (χ3n) is 4.28. The zero-order valence-electron chi connectivity index (χ0n) is 10.5. The maximum absolute atomic E-state index is 5.78. The van der Waals surface area contributed by atoms with Crippen LogP contribution in [0, 0.1) is 11.8 Å². The van der Waals surface area contributed by atoms with Gasteiger partial charge in [0, 0.05) is 11.4 Å². The van der Waals surface area contributed by atoms with Crippen LogP contribution in [-0.2, 0) is 4.74 Å². The summed E-state index contributed by atoms with van der Waals surface area (Å²) >= 11 is 3.89. The number of hydrogen-bond acceptors (Lipinski definition) is 1. The predicted octanol–water partition coefficient (Wildman–Crippen LogP) is 4.54. The minimum atomic E-state index is 0.574. The highest BCUT2D eigenvalue weighted by molar-refractivity contribution is 9.09. The fraction of sp³-hybridized carbons (Fsp3) is 1.00. The van der Waals surface area contributed by atoms with Crippen LogP contribution in [0.5, 0.6) is 0 Å². The Balaban J connectivity index is 1.80. The van der Waals surface area contributed by atoms with Crippen LogP contribution in [0.15, 0.2) is 0 Å². The summed E-state index contributed by atoms with van der Waals surface area (Å²) in [5.74, 6) is 1.86. The monoisotopic (exact) mass is 288 g/mol. The van der Waals surface area contributed by atoms with E-state index in [9.17, 15) is 0 Å². The maximum atomic E-state index is 5.78. The summed E-state index contributed by atoms with van der Waals surface area (Å²) in [5, 5.41) is 0. The molecule has 1 saturated heterocycles. The summed E-state index contributed by atoms with van der Waals surface area (Å²) in [6.07, 6.45) is 11.5. The summed E-state index contributed by atoms with van der Waals surface area (Å²) in [5.41, 5.74) is 0. The highest BCUT2D eigenvalue weighted by Crippen LogP contribution is 2.39. The van der Waals surface area contributed by atoms with E-state index in [2.05, 4.69) is 22.9 Å². The van der Waals surface area contributed by atoms with Gasteiger partial charge in [0.2, 0.25) is 0 Å². The Bertz CT molecular complexity index is 201. The molecule has 1 saturated carbocycles. The van der Waals surface area contributed by atoms with Crippen molar-refractivity contribution in [2.45, 2.75) is 69.2 Å². The Kier molecular flexibility index (Phi) is 5.15. The lowest BCUT2D eigenvalue weighted by Gasteiger charge is -2.34. The lowest BCUT2D eigenvalue weighted by molar-refractivity contribution is 0.0790. The summed E-state index contributed by atoms with van der Waals surface area (Å²) in [7, 11) is 0. The number of ether oxygens (including phenoxy) is 1. The highest BCUT2D eigenvalue weighted by atomic mass is 79.9. The Morgan fingerprint density at radius 1 is 1.25 bits per heavy atom. The van der Waals surface area contributed by atoms with Crippen LogP contribution < -0.4 is 0 Å². The third-order valence-corrected chi connectivity index (χ3v) is 5.49. The second-order valence-electron chi connectivity index (χ2n) is 5.61. The zero-order valence-corrected chi connectivity index (χ0v) is 12.0. The third kappa shape index (κ3) is 3.46. The van der Waals surface area contributed by atoms with Crippen LogP contribution in [0.25, 0.3) is 0 Å². The van der Waals surface area contributed by atoms with E-state index in [4.69, 9.17) is 4.74 Å². The van der Waals surface area contributed by atoms with Crippen molar-refractivity contribution in [1.82, 2.24) is 0 Å². The summed E-state index contributed by atoms with van der Waals surface area (Å²) in [6, 6.07) is 0. The molecule has 2 heteroatoms. The molecule has 1 aliphatic carbocycles. The van der Waals surface area contributed by atoms with Gasteiger partial charge in [-0.25, -0.2) is 0 Å². The molecule has 0 aromatic rings. The van der Waals surface area contributed by atoms with E-state index in [-0.39, 0.29) is 0 Å². The second-order valence-corrected chi connectivity index (χ2v) is 6.79. The Hall–Kier alpha value is 0.440. The first-order valence-corrected chi connectivity index (χ1v) is 7.96. The molecule has 94 valence electrons. The van der Waals surface area contributed by atoms with Crippen molar-refractivity contribution in [1.29, 1.82) is 0 Å². The number of hydrogen-bond donors (Lipinski definition) is 0. The van der Waals surface area contributed by atoms with Crippen molar-refractivity contribution < 1.29 is 4.74 Å². The molecule has 0 aromatic carbocycles. The summed E-state index contributed by atoms with van der Waals surface area (Å²) < 4.78 is 5.78. The quantitative estimate of drug-likeness (QED) is 0.691. The van der Waals surface area contributed by atoms with Crippen molar-refractivity contribution in [3.63, 3.8) is 0 Å². The van der Waals surface area contributed by atoms with Gasteiger partial charge in [0.1, 0.15) is 0 Å². The van der Waals surface area contributed by atoms with Gasteiger partial charge in [0.05, 0.1) is 6.10 Å². The van der Waals surface area contributed by atoms with Crippen LogP contribution in [-0.4, -0.2) is 17.5 Å². The fourth-order valence-corrected chi connectivity index (χ4v) is 4.10. The van der Waals surface area contributed by atoms with E-state index >= 15 is 0 Å². The molecule has 0 radical (unpaired) electrons. The molecular formula is C14H25BrO. The molecule has 0 bridgehead atoms. The van der Waals surface area contributed by atoms with Gasteiger partial charge in [-0.05, 0) is 50.4 Å². The molecule has 0 amide bonds. The average Bonchev–Trinajstić information content (AvgIpc) is 2.76. The molecule has 1 heterocycles. The zero-order chi connectivity index (χ0) is 11.4. The molecule has 16 heavy (non-hydrogen) atoms. The van der Waals surface area contributed by atoms with Crippen molar-refractivity contribution in [2.75, 3.05) is 6.61 Å². The predicted molar refractivity (Wildman–Crippen MR) is 72.0 cm³/mol. The van der Waals surface area contributed by atoms with Gasteiger partial charge in [-0.15, -0.1) is 0 Å². The first-order chi connectivity index (χ1) is 7.79. The molecule has 0 N–H and O–H groups in total. The minimum absolute atomic E-state index is 0.574. The van der Waals surface area contributed by atoms with E-state index in [1.54, 1.807) is 0 Å². The number of halogens is 1. The molecule has 0 spiro atoms. The highest BCUT2D eigenvalue weighted by Gasteiger charge is 2.31. The Labute approximate surface area is 108 Å². The smallest absolute Gasteiger partial charge is 0.0579 e. The number of rotatable bonds is 4. The SMILES string of the molecule is CCCC1CCC(Br)C(CC2CCCO2)C1. The number of alkyl halides is 1. The van der Waals surface area contributed by atoms with Gasteiger partial charge < -0.3 is 4.74 Å². The van der Waals surface area contributed by atoms with E-state index in [1.807, 2.05) is 0 Å². The molecular weight excluding hydrogens is 264 g/mol. The lowest BCUT2D eigenvalue weighted by Crippen LogP contribution is -2.28. The van der Waals surface area contributed by atoms with Gasteiger partial charge in [0.25, 0.3) is 0 Å². The minimum Gasteiger partial charge on any atom is -0.378 e. The van der Waals surface area contributed by atoms with Crippen molar-refractivity contribution in [2.24, 2.45) is 11.8 Å². The molecule has 2 rings (SSSR count). The molecule has 2 fully saturated rings. The van der Waals surface area contributed by atoms with Gasteiger partial charge in [0.15, 0.2) is 0 Å². The van der Waals surface area contributed by atoms with E-state index in [0.717, 1.165) is 23.3 Å². The fourth-order valence-electron chi connectivity index (χ4n) is 3.41. The Morgan fingerprint density at radius 3 is 2.81 bits per heavy atom. The standard InChI is InChI=1S/C14H25BrO/c1-2-4-11-6-7-14(15)12(9-11)10-13-5-3-8-16-13/h11-14H,2-10H2,1H3. The van der Waals surface area contributed by atoms with Gasteiger partial charge >= 0.3 is 0 Å². The van der Waals surface area contributed by atoms with E-state index < -0.39 is 0 Å². The first kappa shape index (κ1) is 12.9. The molecule has 2 aliphatic rings. The molecule has 1 nitrogen and oxygen atoms in total. The molecule has 4 atom stereocenters. The normalized spacial score (nSPS) is 40.1. The van der Waals surface area contributed by atoms with Crippen molar-refractivity contribution in [3.05, 3.63) is 0 Å². The van der Waals surface area contributed by atoms with Crippen LogP contribution >= 0.6 is 15.9 Å². The first-order valence-electron chi connectivity index (χ1n) is 7.05. The summed E-state index contributed by atoms with van der Waals surface area (Å²) in [6.45, 7) is 3.32. The van der Waals surface area contributed by atoms with Crippen molar-refractivity contribution in [3.8, 4) is 0 Å². The van der Waals surface area contributed by atoms with Crippen LogP contribution in [0.2, 0.25) is 0 Å². The molecule has 0 aromatic heterocycles. The Morgan fingerprint density at radius 2 is 2.12 bits per heavy atom. The van der Waals surface area contributed by atoms with Gasteiger partial charge in [-0.1, -0.05) is 35.7 Å². The van der Waals surface area contributed by atoms with Crippen LogP contribution in [0.1, 0.15) is 58.3 Å². The largest absolute Gasteiger partial charge is 0.378 e. The summed E-state index contributed by atoms with van der Waals surface area (Å²) in [4.78, 5) is 0.754.